The van der Waals surface area contributed by atoms with Gasteiger partial charge in [0.25, 0.3) is 0 Å². The third-order valence-electron chi connectivity index (χ3n) is 4.02. The summed E-state index contributed by atoms with van der Waals surface area (Å²) in [5.74, 6) is -0.278. The van der Waals surface area contributed by atoms with Gasteiger partial charge in [-0.3, -0.25) is 0 Å². The molecular formula is C24H21FeO2P-6. The third-order valence-corrected chi connectivity index (χ3v) is 6.46. The molecule has 28 heavy (non-hydrogen) atoms. The van der Waals surface area contributed by atoms with E-state index >= 15 is 0 Å². The molecule has 2 nitrogen and oxygen atoms in total. The zero-order valence-electron chi connectivity index (χ0n) is 15.5. The van der Waals surface area contributed by atoms with Crippen molar-refractivity contribution in [3.8, 4) is 0 Å². The molecule has 0 amide bonds. The van der Waals surface area contributed by atoms with Gasteiger partial charge >= 0.3 is 0 Å². The van der Waals surface area contributed by atoms with E-state index in [9.17, 15) is 4.79 Å². The average Bonchev–Trinajstić information content (AvgIpc) is 3.44. The van der Waals surface area contributed by atoms with Crippen LogP contribution >= 0.6 is 7.92 Å². The third kappa shape index (κ3) is 5.78. The van der Waals surface area contributed by atoms with Gasteiger partial charge in [-0.05, 0) is 10.6 Å². The maximum atomic E-state index is 10.7. The summed E-state index contributed by atoms with van der Waals surface area (Å²) in [6.07, 6.45) is 0. The number of carbonyl (C=O) groups is 1. The summed E-state index contributed by atoms with van der Waals surface area (Å²) in [7, 11) is 0.961. The van der Waals surface area contributed by atoms with Gasteiger partial charge in [-0.1, -0.05) is 74.6 Å². The van der Waals surface area contributed by atoms with Crippen LogP contribution in [0.25, 0.3) is 0 Å². The van der Waals surface area contributed by atoms with Crippen molar-refractivity contribution in [1.29, 1.82) is 0 Å². The Bertz CT molecular complexity index is 878. The van der Waals surface area contributed by atoms with E-state index in [1.54, 1.807) is 24.3 Å². The topological polar surface area (TPSA) is 26.3 Å². The predicted molar refractivity (Wildman–Crippen MR) is 114 cm³/mol. The molecule has 4 aromatic rings. The van der Waals surface area contributed by atoms with Crippen LogP contribution in [0.4, 0.5) is 0 Å². The van der Waals surface area contributed by atoms with Crippen LogP contribution in [0.2, 0.25) is 0 Å². The van der Waals surface area contributed by atoms with E-state index in [1.807, 2.05) is 0 Å². The number of hydrogen-bond acceptors (Lipinski definition) is 2. The minimum Gasteiger partial charge on any atom is -0.680 e. The molecule has 0 bridgehead atoms. The molecule has 0 N–H and O–H groups in total. The first-order valence-electron chi connectivity index (χ1n) is 8.71. The number of carbonyl (C=O) groups excluding carboxylic acids is 1. The van der Waals surface area contributed by atoms with Crippen LogP contribution in [0, 0.1) is 0 Å². The Morgan fingerprint density at radius 2 is 1.29 bits per heavy atom. The molecule has 0 aromatic heterocycles. The van der Waals surface area contributed by atoms with E-state index in [-0.39, 0.29) is 23.0 Å². The molecule has 0 aliphatic heterocycles. The fourth-order valence-corrected chi connectivity index (χ4v) is 5.05. The van der Waals surface area contributed by atoms with Crippen molar-refractivity contribution in [2.45, 2.75) is 0 Å². The first-order valence-corrected chi connectivity index (χ1v) is 10.1. The number of methoxy groups -OCH3 is 1. The van der Waals surface area contributed by atoms with Crippen molar-refractivity contribution < 1.29 is 26.6 Å². The summed E-state index contributed by atoms with van der Waals surface area (Å²) in [5, 5.41) is 4.23. The van der Waals surface area contributed by atoms with Gasteiger partial charge in [0.2, 0.25) is 0 Å². The van der Waals surface area contributed by atoms with Gasteiger partial charge in [0.1, 0.15) is 0 Å². The fourth-order valence-electron chi connectivity index (χ4n) is 2.74. The second-order valence-electron chi connectivity index (χ2n) is 5.81. The molecule has 4 rings (SSSR count). The summed E-state index contributed by atoms with van der Waals surface area (Å²) in [6.45, 7) is 0. The molecule has 0 spiro atoms. The minimum atomic E-state index is -0.409. The summed E-state index contributed by atoms with van der Waals surface area (Å²) in [4.78, 5) is 10.7. The Morgan fingerprint density at radius 3 is 1.71 bits per heavy atom. The molecule has 0 radical (unpaired) electrons. The predicted octanol–water partition coefficient (Wildman–Crippen LogP) is 4.35. The first-order chi connectivity index (χ1) is 13.3. The van der Waals surface area contributed by atoms with Crippen LogP contribution in [0.15, 0.2) is 109 Å². The van der Waals surface area contributed by atoms with Crippen molar-refractivity contribution in [3.05, 3.63) is 115 Å². The monoisotopic (exact) mass is 428 g/mol. The second-order valence-corrected chi connectivity index (χ2v) is 8.03. The molecule has 0 fully saturated rings. The van der Waals surface area contributed by atoms with Crippen LogP contribution in [0.1, 0.15) is 10.4 Å². The molecular weight excluding hydrogens is 407 g/mol. The van der Waals surface area contributed by atoms with Crippen molar-refractivity contribution in [1.82, 2.24) is 0 Å². The standard InChI is InChI=1S/C17H14P.C7H7O2.Fe/c1-3-9-15(10-4-1)18(17-13-7-8-14-17)16-11-5-2-6-12-16;1-9-7(8)6-4-2-3-5-6;/h1-14H;2-5H,1H3;/q-1;-5;. The molecule has 0 aliphatic carbocycles. The quantitative estimate of drug-likeness (QED) is 0.209. The number of hydrogen-bond donors (Lipinski definition) is 0. The largest absolute Gasteiger partial charge is 0.680 e. The smallest absolute Gasteiger partial charge is 0.0437 e. The zero-order valence-corrected chi connectivity index (χ0v) is 17.5. The molecule has 0 saturated carbocycles. The van der Waals surface area contributed by atoms with E-state index in [0.717, 1.165) is 0 Å². The zero-order chi connectivity index (χ0) is 18.9. The van der Waals surface area contributed by atoms with Crippen LogP contribution in [-0.4, -0.2) is 13.1 Å². The number of esters is 1. The Morgan fingerprint density at radius 1 is 0.821 bits per heavy atom. The number of ether oxygens (including phenoxy) is 1. The molecule has 0 heterocycles. The maximum absolute atomic E-state index is 10.7. The summed E-state index contributed by atoms with van der Waals surface area (Å²) < 4.78 is 4.46. The van der Waals surface area contributed by atoms with Crippen molar-refractivity contribution in [3.63, 3.8) is 0 Å². The SMILES string of the molecule is COC(=O)[c-]1[cH-][cH-][cH-][cH-]1.[Fe].c1ccc(P(c2ccccc2)[c-]2cccc2)cc1. The molecule has 0 atom stereocenters. The van der Waals surface area contributed by atoms with E-state index in [1.165, 1.54) is 23.0 Å². The van der Waals surface area contributed by atoms with Gasteiger partial charge in [-0.25, -0.2) is 12.1 Å². The summed E-state index contributed by atoms with van der Waals surface area (Å²) >= 11 is 0. The fraction of sp³-hybridized carbons (Fsp3) is 0.0417. The van der Waals surface area contributed by atoms with Crippen LogP contribution < -0.4 is 15.9 Å². The molecule has 148 valence electrons. The Balaban J connectivity index is 0.000000239. The van der Waals surface area contributed by atoms with Gasteiger partial charge in [0, 0.05) is 24.2 Å². The van der Waals surface area contributed by atoms with E-state index in [4.69, 9.17) is 0 Å². The molecule has 0 aliphatic rings. The van der Waals surface area contributed by atoms with Crippen molar-refractivity contribution >= 4 is 29.8 Å². The Hall–Kier alpha value is -2.44. The van der Waals surface area contributed by atoms with Gasteiger partial charge in [0.05, 0.1) is 0 Å². The maximum Gasteiger partial charge on any atom is 0.0437 e. The minimum absolute atomic E-state index is 0. The van der Waals surface area contributed by atoms with Crippen LogP contribution in [0.5, 0.6) is 0 Å². The number of benzene rings is 2. The summed E-state index contributed by atoms with van der Waals surface area (Å²) in [6, 6.07) is 37.3. The van der Waals surface area contributed by atoms with Crippen LogP contribution in [0.3, 0.4) is 0 Å². The Labute approximate surface area is 178 Å². The van der Waals surface area contributed by atoms with E-state index in [0.29, 0.717) is 5.56 Å². The second kappa shape index (κ2) is 11.4. The van der Waals surface area contributed by atoms with Crippen molar-refractivity contribution in [2.75, 3.05) is 7.11 Å². The average molecular weight is 428 g/mol. The Kier molecular flexibility index (Phi) is 8.91. The molecule has 0 unspecified atom stereocenters. The molecule has 4 heteroatoms. The van der Waals surface area contributed by atoms with Gasteiger partial charge in [0.15, 0.2) is 0 Å². The van der Waals surface area contributed by atoms with Gasteiger partial charge in [-0.2, -0.15) is 12.1 Å². The van der Waals surface area contributed by atoms with E-state index < -0.39 is 7.92 Å². The van der Waals surface area contributed by atoms with Gasteiger partial charge < -0.3 is 39.4 Å². The van der Waals surface area contributed by atoms with Crippen LogP contribution in [-0.2, 0) is 21.8 Å². The summed E-state index contributed by atoms with van der Waals surface area (Å²) in [5.41, 5.74) is 0.609. The number of rotatable bonds is 4. The van der Waals surface area contributed by atoms with Crippen molar-refractivity contribution in [2.24, 2.45) is 0 Å². The first kappa shape index (κ1) is 21.9. The van der Waals surface area contributed by atoms with E-state index in [2.05, 4.69) is 89.7 Å². The molecule has 4 aromatic carbocycles. The molecule has 0 saturated heterocycles. The normalized spacial score (nSPS) is 9.79. The van der Waals surface area contributed by atoms with Gasteiger partial charge in [-0.15, -0.1) is 5.30 Å².